The van der Waals surface area contributed by atoms with E-state index in [4.69, 9.17) is 0 Å². The Kier molecular flexibility index (Phi) is 5.70. The standard InChI is InChI=1S/C24H17F2N3O4/c1-27(14-15-5-3-2-4-6-15)22-21(16-7-10-18(11-8-16)29(32)33)23(30)28(24(22)31)20-12-9-17(25)13-19(20)26/h2-13H,14H2,1H3. The number of halogens is 2. The van der Waals surface area contributed by atoms with Gasteiger partial charge in [-0.25, -0.2) is 13.7 Å². The van der Waals surface area contributed by atoms with Crippen molar-refractivity contribution < 1.29 is 23.3 Å². The van der Waals surface area contributed by atoms with Gasteiger partial charge in [0, 0.05) is 31.8 Å². The van der Waals surface area contributed by atoms with Crippen LogP contribution in [0.4, 0.5) is 20.2 Å². The fourth-order valence-corrected chi connectivity index (χ4v) is 3.70. The van der Waals surface area contributed by atoms with Crippen molar-refractivity contribution in [2.24, 2.45) is 0 Å². The predicted octanol–water partition coefficient (Wildman–Crippen LogP) is 4.29. The van der Waals surface area contributed by atoms with Crippen molar-refractivity contribution in [3.8, 4) is 0 Å². The maximum Gasteiger partial charge on any atom is 0.282 e. The molecule has 0 aromatic heterocycles. The Morgan fingerprint density at radius 2 is 1.61 bits per heavy atom. The van der Waals surface area contributed by atoms with E-state index < -0.39 is 28.4 Å². The highest BCUT2D eigenvalue weighted by molar-refractivity contribution is 6.45. The van der Waals surface area contributed by atoms with E-state index in [0.717, 1.165) is 17.7 Å². The zero-order valence-corrected chi connectivity index (χ0v) is 17.4. The second kappa shape index (κ2) is 8.62. The molecule has 7 nitrogen and oxygen atoms in total. The van der Waals surface area contributed by atoms with Gasteiger partial charge in [0.2, 0.25) is 0 Å². The molecule has 0 atom stereocenters. The van der Waals surface area contributed by atoms with E-state index in [1.807, 2.05) is 30.3 Å². The summed E-state index contributed by atoms with van der Waals surface area (Å²) in [5, 5.41) is 11.0. The number of hydrogen-bond donors (Lipinski definition) is 0. The Morgan fingerprint density at radius 1 is 0.939 bits per heavy atom. The van der Waals surface area contributed by atoms with Crippen LogP contribution in [0.1, 0.15) is 11.1 Å². The summed E-state index contributed by atoms with van der Waals surface area (Å²) in [6.45, 7) is 0.269. The number of non-ortho nitro benzene ring substituents is 1. The number of rotatable bonds is 6. The third kappa shape index (κ3) is 4.08. The van der Waals surface area contributed by atoms with Crippen LogP contribution in [0.25, 0.3) is 5.57 Å². The number of nitrogens with zero attached hydrogens (tertiary/aromatic N) is 3. The van der Waals surface area contributed by atoms with Crippen molar-refractivity contribution in [3.63, 3.8) is 0 Å². The Balaban J connectivity index is 1.82. The van der Waals surface area contributed by atoms with Crippen LogP contribution in [-0.4, -0.2) is 28.7 Å². The van der Waals surface area contributed by atoms with E-state index in [1.165, 1.54) is 24.3 Å². The van der Waals surface area contributed by atoms with Crippen LogP contribution >= 0.6 is 0 Å². The van der Waals surface area contributed by atoms with E-state index in [-0.39, 0.29) is 34.8 Å². The largest absolute Gasteiger partial charge is 0.365 e. The summed E-state index contributed by atoms with van der Waals surface area (Å²) in [5.74, 6) is -3.50. The lowest BCUT2D eigenvalue weighted by molar-refractivity contribution is -0.384. The average Bonchev–Trinajstić information content (AvgIpc) is 3.05. The number of likely N-dealkylation sites (N-methyl/N-ethyl adjacent to an activating group) is 1. The molecule has 0 unspecified atom stereocenters. The molecule has 33 heavy (non-hydrogen) atoms. The number of nitro groups is 1. The third-order valence-electron chi connectivity index (χ3n) is 5.22. The van der Waals surface area contributed by atoms with E-state index in [1.54, 1.807) is 11.9 Å². The number of benzene rings is 3. The van der Waals surface area contributed by atoms with Crippen LogP contribution in [0.2, 0.25) is 0 Å². The molecule has 0 N–H and O–H groups in total. The quantitative estimate of drug-likeness (QED) is 0.319. The molecule has 0 fully saturated rings. The summed E-state index contributed by atoms with van der Waals surface area (Å²) < 4.78 is 27.9. The number of imide groups is 1. The number of amides is 2. The fourth-order valence-electron chi connectivity index (χ4n) is 3.70. The monoisotopic (exact) mass is 449 g/mol. The molecule has 3 aromatic carbocycles. The van der Waals surface area contributed by atoms with Crippen LogP contribution in [0.5, 0.6) is 0 Å². The van der Waals surface area contributed by atoms with Gasteiger partial charge in [0.25, 0.3) is 17.5 Å². The molecule has 0 saturated carbocycles. The molecule has 0 bridgehead atoms. The molecule has 4 rings (SSSR count). The Bertz CT molecular complexity index is 1290. The maximum absolute atomic E-state index is 14.5. The number of anilines is 1. The van der Waals surface area contributed by atoms with Crippen LogP contribution in [0.15, 0.2) is 78.5 Å². The first-order valence-electron chi connectivity index (χ1n) is 9.86. The molecule has 1 aliphatic rings. The second-order valence-electron chi connectivity index (χ2n) is 7.41. The molecule has 9 heteroatoms. The van der Waals surface area contributed by atoms with E-state index in [0.29, 0.717) is 11.0 Å². The Morgan fingerprint density at radius 3 is 2.21 bits per heavy atom. The number of nitro benzene ring substituents is 1. The Labute approximate surface area is 187 Å². The summed E-state index contributed by atoms with van der Waals surface area (Å²) in [4.78, 5) is 39.4. The molecule has 0 radical (unpaired) electrons. The van der Waals surface area contributed by atoms with Gasteiger partial charge < -0.3 is 4.90 Å². The number of carbonyl (C=O) groups is 2. The molecule has 2 amide bonds. The smallest absolute Gasteiger partial charge is 0.282 e. The number of hydrogen-bond acceptors (Lipinski definition) is 5. The van der Waals surface area contributed by atoms with Crippen LogP contribution < -0.4 is 4.90 Å². The van der Waals surface area contributed by atoms with Crippen molar-refractivity contribution in [3.05, 3.63) is 111 Å². The molecule has 1 aliphatic heterocycles. The normalized spacial score (nSPS) is 13.6. The van der Waals surface area contributed by atoms with Gasteiger partial charge in [-0.2, -0.15) is 0 Å². The molecule has 0 saturated heterocycles. The van der Waals surface area contributed by atoms with E-state index >= 15 is 0 Å². The lowest BCUT2D eigenvalue weighted by Crippen LogP contribution is -2.34. The lowest BCUT2D eigenvalue weighted by atomic mass is 10.0. The van der Waals surface area contributed by atoms with Gasteiger partial charge >= 0.3 is 0 Å². The first-order valence-corrected chi connectivity index (χ1v) is 9.86. The Hall–Kier alpha value is -4.40. The molecule has 3 aromatic rings. The highest BCUT2D eigenvalue weighted by Gasteiger charge is 2.42. The molecule has 166 valence electrons. The average molecular weight is 449 g/mol. The summed E-state index contributed by atoms with van der Waals surface area (Å²) in [5.41, 5.74) is 0.533. The summed E-state index contributed by atoms with van der Waals surface area (Å²) in [6, 6.07) is 16.9. The van der Waals surface area contributed by atoms with Gasteiger partial charge in [-0.3, -0.25) is 19.7 Å². The minimum Gasteiger partial charge on any atom is -0.365 e. The highest BCUT2D eigenvalue weighted by atomic mass is 19.1. The molecular weight excluding hydrogens is 432 g/mol. The van der Waals surface area contributed by atoms with Gasteiger partial charge in [-0.1, -0.05) is 30.3 Å². The second-order valence-corrected chi connectivity index (χ2v) is 7.41. The minimum absolute atomic E-state index is 0.00133. The van der Waals surface area contributed by atoms with Crippen LogP contribution in [-0.2, 0) is 16.1 Å². The zero-order chi connectivity index (χ0) is 23.7. The van der Waals surface area contributed by atoms with Gasteiger partial charge in [-0.15, -0.1) is 0 Å². The summed E-state index contributed by atoms with van der Waals surface area (Å²) in [7, 11) is 1.61. The van der Waals surface area contributed by atoms with Gasteiger partial charge in [0.15, 0.2) is 0 Å². The van der Waals surface area contributed by atoms with Crippen molar-refractivity contribution >= 4 is 28.8 Å². The third-order valence-corrected chi connectivity index (χ3v) is 5.22. The fraction of sp³-hybridized carbons (Fsp3) is 0.0833. The minimum atomic E-state index is -1.06. The molecule has 0 aliphatic carbocycles. The van der Waals surface area contributed by atoms with Crippen molar-refractivity contribution in [2.45, 2.75) is 6.54 Å². The molecular formula is C24H17F2N3O4. The van der Waals surface area contributed by atoms with Crippen molar-refractivity contribution in [1.29, 1.82) is 0 Å². The number of carbonyl (C=O) groups excluding carboxylic acids is 2. The summed E-state index contributed by atoms with van der Waals surface area (Å²) in [6.07, 6.45) is 0. The zero-order valence-electron chi connectivity index (χ0n) is 17.4. The first-order chi connectivity index (χ1) is 15.8. The van der Waals surface area contributed by atoms with Gasteiger partial charge in [-0.05, 0) is 35.4 Å². The van der Waals surface area contributed by atoms with E-state index in [2.05, 4.69) is 0 Å². The maximum atomic E-state index is 14.5. The molecule has 0 spiro atoms. The summed E-state index contributed by atoms with van der Waals surface area (Å²) >= 11 is 0. The topological polar surface area (TPSA) is 83.8 Å². The van der Waals surface area contributed by atoms with Crippen molar-refractivity contribution in [1.82, 2.24) is 4.90 Å². The van der Waals surface area contributed by atoms with Crippen molar-refractivity contribution in [2.75, 3.05) is 11.9 Å². The van der Waals surface area contributed by atoms with Gasteiger partial charge in [0.05, 0.1) is 16.2 Å². The highest BCUT2D eigenvalue weighted by Crippen LogP contribution is 2.36. The predicted molar refractivity (Wildman–Crippen MR) is 117 cm³/mol. The first kappa shape index (κ1) is 21.8. The van der Waals surface area contributed by atoms with Crippen LogP contribution in [0, 0.1) is 21.7 Å². The molecule has 1 heterocycles. The SMILES string of the molecule is CN(Cc1ccccc1)C1=C(c2ccc([N+](=O)[O-])cc2)C(=O)N(c2ccc(F)cc2F)C1=O. The van der Waals surface area contributed by atoms with Crippen LogP contribution in [0.3, 0.4) is 0 Å². The van der Waals surface area contributed by atoms with Gasteiger partial charge in [0.1, 0.15) is 17.3 Å². The lowest BCUT2D eigenvalue weighted by Gasteiger charge is -2.22. The van der Waals surface area contributed by atoms with E-state index in [9.17, 15) is 28.5 Å².